The van der Waals surface area contributed by atoms with Gasteiger partial charge in [-0.25, -0.2) is 0 Å². The van der Waals surface area contributed by atoms with Crippen LogP contribution in [0.3, 0.4) is 0 Å². The van der Waals surface area contributed by atoms with Crippen molar-refractivity contribution in [3.63, 3.8) is 0 Å². The van der Waals surface area contributed by atoms with Crippen LogP contribution in [0.15, 0.2) is 126 Å². The second kappa shape index (κ2) is 11.1. The Morgan fingerprint density at radius 3 is 1.95 bits per heavy atom. The second-order valence-electron chi connectivity index (χ2n) is 10.3. The average Bonchev–Trinajstić information content (AvgIpc) is 3.34. The van der Waals surface area contributed by atoms with Crippen LogP contribution in [0.4, 0.5) is 0 Å². The van der Waals surface area contributed by atoms with Gasteiger partial charge in [0.1, 0.15) is 11.3 Å². The lowest BCUT2D eigenvalue weighted by Crippen LogP contribution is -1.88. The van der Waals surface area contributed by atoms with Gasteiger partial charge in [0, 0.05) is 10.9 Å². The molecule has 194 valence electrons. The number of hydrogen-bond donors (Lipinski definition) is 0. The third kappa shape index (κ3) is 5.07. The highest BCUT2D eigenvalue weighted by molar-refractivity contribution is 5.95. The molecule has 40 heavy (non-hydrogen) atoms. The van der Waals surface area contributed by atoms with E-state index in [0.717, 1.165) is 33.4 Å². The zero-order chi connectivity index (χ0) is 27.5. The topological polar surface area (TPSA) is 13.1 Å². The fourth-order valence-corrected chi connectivity index (χ4v) is 5.33. The van der Waals surface area contributed by atoms with Gasteiger partial charge in [-0.15, -0.1) is 0 Å². The van der Waals surface area contributed by atoms with E-state index >= 15 is 0 Å². The Hall–Kier alpha value is -4.88. The van der Waals surface area contributed by atoms with E-state index in [1.165, 1.54) is 38.9 Å². The summed E-state index contributed by atoms with van der Waals surface area (Å²) >= 11 is 0. The lowest BCUT2D eigenvalue weighted by molar-refractivity contribution is 0.604. The summed E-state index contributed by atoms with van der Waals surface area (Å²) in [6.07, 6.45) is 8.40. The van der Waals surface area contributed by atoms with Crippen LogP contribution >= 0.6 is 0 Å². The Labute approximate surface area is 236 Å². The summed E-state index contributed by atoms with van der Waals surface area (Å²) in [6, 6.07) is 40.9. The van der Waals surface area contributed by atoms with E-state index in [1.54, 1.807) is 0 Å². The molecule has 1 heteroatoms. The molecule has 0 amide bonds. The molecular formula is C39H32O. The van der Waals surface area contributed by atoms with Gasteiger partial charge < -0.3 is 4.42 Å². The van der Waals surface area contributed by atoms with E-state index in [1.807, 2.05) is 13.0 Å². The third-order valence-electron chi connectivity index (χ3n) is 7.54. The molecule has 0 radical (unpaired) electrons. The number of fused-ring (bicyclic) bond motifs is 1. The highest BCUT2D eigenvalue weighted by Crippen LogP contribution is 2.35. The molecule has 5 aromatic carbocycles. The number of allylic oxidation sites excluding steroid dienone is 1. The fraction of sp³-hybridized carbons (Fsp3) is 0.0769. The Bertz CT molecular complexity index is 1850. The lowest BCUT2D eigenvalue weighted by atomic mass is 9.92. The highest BCUT2D eigenvalue weighted by atomic mass is 16.3. The lowest BCUT2D eigenvalue weighted by Gasteiger charge is -2.12. The minimum absolute atomic E-state index is 0.863. The van der Waals surface area contributed by atoms with Crippen LogP contribution in [-0.4, -0.2) is 0 Å². The largest absolute Gasteiger partial charge is 0.456 e. The Balaban J connectivity index is 1.34. The molecule has 0 fully saturated rings. The number of rotatable bonds is 6. The zero-order valence-corrected chi connectivity index (χ0v) is 23.2. The standard InChI is InChI=1S/C39H32O/c1-4-10-35-36-23-22-33(32-19-15-28(3)37(25-32)34-14-9-8-11-27(34)2)26-39(36)40-38(35)24-18-29-16-20-31(21-17-29)30-12-6-5-7-13-30/h4-26H,1-3H3/b10-4+,24-18-. The third-order valence-corrected chi connectivity index (χ3v) is 7.54. The first-order valence-electron chi connectivity index (χ1n) is 13.8. The fourth-order valence-electron chi connectivity index (χ4n) is 5.33. The minimum atomic E-state index is 0.863. The molecule has 1 nitrogen and oxygen atoms in total. The van der Waals surface area contributed by atoms with E-state index in [4.69, 9.17) is 4.42 Å². The molecule has 1 aromatic heterocycles. The molecule has 0 bridgehead atoms. The molecule has 6 aromatic rings. The van der Waals surface area contributed by atoms with E-state index in [2.05, 4.69) is 147 Å². The molecule has 0 aliphatic heterocycles. The van der Waals surface area contributed by atoms with Crippen molar-refractivity contribution in [2.24, 2.45) is 0 Å². The SMILES string of the molecule is C/C=C/c1c(/C=C\c2ccc(-c3ccccc3)cc2)oc2cc(-c3ccc(C)c(-c4ccccc4C)c3)ccc12. The molecule has 0 saturated carbocycles. The van der Waals surface area contributed by atoms with Gasteiger partial charge in [0.25, 0.3) is 0 Å². The molecule has 0 N–H and O–H groups in total. The van der Waals surface area contributed by atoms with Crippen molar-refractivity contribution in [2.75, 3.05) is 0 Å². The van der Waals surface area contributed by atoms with Crippen molar-refractivity contribution in [1.29, 1.82) is 0 Å². The van der Waals surface area contributed by atoms with E-state index in [-0.39, 0.29) is 0 Å². The molecule has 0 aliphatic rings. The van der Waals surface area contributed by atoms with Crippen LogP contribution in [0.2, 0.25) is 0 Å². The second-order valence-corrected chi connectivity index (χ2v) is 10.3. The van der Waals surface area contributed by atoms with Gasteiger partial charge in [-0.2, -0.15) is 0 Å². The van der Waals surface area contributed by atoms with Crippen LogP contribution in [-0.2, 0) is 0 Å². The van der Waals surface area contributed by atoms with Gasteiger partial charge in [-0.1, -0.05) is 115 Å². The van der Waals surface area contributed by atoms with Gasteiger partial charge in [0.2, 0.25) is 0 Å². The average molecular weight is 517 g/mol. The number of benzene rings is 5. The summed E-state index contributed by atoms with van der Waals surface area (Å²) in [5.41, 5.74) is 13.0. The minimum Gasteiger partial charge on any atom is -0.456 e. The van der Waals surface area contributed by atoms with Crippen LogP contribution in [0.5, 0.6) is 0 Å². The molecular weight excluding hydrogens is 484 g/mol. The first-order valence-corrected chi connectivity index (χ1v) is 13.8. The number of furan rings is 1. The Morgan fingerprint density at radius 1 is 0.525 bits per heavy atom. The molecule has 6 rings (SSSR count). The van der Waals surface area contributed by atoms with E-state index < -0.39 is 0 Å². The van der Waals surface area contributed by atoms with Crippen molar-refractivity contribution in [3.8, 4) is 33.4 Å². The maximum atomic E-state index is 6.45. The first kappa shape index (κ1) is 25.4. The Morgan fingerprint density at radius 2 is 1.18 bits per heavy atom. The smallest absolute Gasteiger partial charge is 0.136 e. The van der Waals surface area contributed by atoms with Crippen molar-refractivity contribution in [1.82, 2.24) is 0 Å². The summed E-state index contributed by atoms with van der Waals surface area (Å²) in [5, 5.41) is 1.12. The highest BCUT2D eigenvalue weighted by Gasteiger charge is 2.13. The van der Waals surface area contributed by atoms with Gasteiger partial charge in [-0.05, 0) is 95.1 Å². The van der Waals surface area contributed by atoms with Crippen molar-refractivity contribution in [3.05, 3.63) is 149 Å². The normalized spacial score (nSPS) is 11.7. The molecule has 0 aliphatic carbocycles. The molecule has 0 unspecified atom stereocenters. The summed E-state index contributed by atoms with van der Waals surface area (Å²) in [7, 11) is 0. The monoisotopic (exact) mass is 516 g/mol. The van der Waals surface area contributed by atoms with Crippen molar-refractivity contribution in [2.45, 2.75) is 20.8 Å². The van der Waals surface area contributed by atoms with E-state index in [9.17, 15) is 0 Å². The summed E-state index contributed by atoms with van der Waals surface area (Å²) < 4.78 is 6.45. The number of aryl methyl sites for hydroxylation is 2. The zero-order valence-electron chi connectivity index (χ0n) is 23.2. The maximum absolute atomic E-state index is 6.45. The van der Waals surface area contributed by atoms with E-state index in [0.29, 0.717) is 0 Å². The van der Waals surface area contributed by atoms with Crippen LogP contribution in [0.1, 0.15) is 34.9 Å². The van der Waals surface area contributed by atoms with Crippen molar-refractivity contribution < 1.29 is 4.42 Å². The molecule has 0 spiro atoms. The quantitative estimate of drug-likeness (QED) is 0.214. The van der Waals surface area contributed by atoms with Crippen LogP contribution < -0.4 is 0 Å². The first-order chi connectivity index (χ1) is 19.6. The van der Waals surface area contributed by atoms with Crippen molar-refractivity contribution >= 4 is 29.2 Å². The van der Waals surface area contributed by atoms with Gasteiger partial charge >= 0.3 is 0 Å². The van der Waals surface area contributed by atoms with Crippen LogP contribution in [0.25, 0.3) is 62.6 Å². The van der Waals surface area contributed by atoms with Gasteiger partial charge in [-0.3, -0.25) is 0 Å². The summed E-state index contributed by atoms with van der Waals surface area (Å²) in [6.45, 7) is 6.40. The number of hydrogen-bond acceptors (Lipinski definition) is 1. The van der Waals surface area contributed by atoms with Gasteiger partial charge in [0.15, 0.2) is 0 Å². The van der Waals surface area contributed by atoms with Crippen LogP contribution in [0, 0.1) is 13.8 Å². The summed E-state index contributed by atoms with van der Waals surface area (Å²) in [4.78, 5) is 0. The Kier molecular flexibility index (Phi) is 7.04. The predicted octanol–water partition coefficient (Wildman–Crippen LogP) is 11.3. The molecule has 1 heterocycles. The molecule has 0 saturated heterocycles. The van der Waals surface area contributed by atoms with Gasteiger partial charge in [0.05, 0.1) is 0 Å². The summed E-state index contributed by atoms with van der Waals surface area (Å²) in [5.74, 6) is 0.863. The molecule has 0 atom stereocenters. The maximum Gasteiger partial charge on any atom is 0.136 e. The predicted molar refractivity (Wildman–Crippen MR) is 172 cm³/mol.